The zero-order valence-corrected chi connectivity index (χ0v) is 14.2. The first-order valence-corrected chi connectivity index (χ1v) is 7.39. The molecule has 106 valence electrons. The van der Waals surface area contributed by atoms with Gasteiger partial charge in [0.15, 0.2) is 0 Å². The number of aromatic nitrogens is 2. The summed E-state index contributed by atoms with van der Waals surface area (Å²) in [5.41, 5.74) is 3.16. The third-order valence-electron chi connectivity index (χ3n) is 3.05. The molecule has 0 unspecified atom stereocenters. The highest BCUT2D eigenvalue weighted by atomic mass is 79.9. The van der Waals surface area contributed by atoms with Crippen molar-refractivity contribution in [3.63, 3.8) is 0 Å². The second kappa shape index (κ2) is 5.52. The fraction of sp³-hybridized carbons (Fsp3) is 0.375. The number of anilines is 1. The molecule has 0 aliphatic heterocycles. The van der Waals surface area contributed by atoms with E-state index in [1.807, 2.05) is 20.2 Å². The van der Waals surface area contributed by atoms with Crippen LogP contribution in [-0.2, 0) is 5.41 Å². The van der Waals surface area contributed by atoms with Crippen molar-refractivity contribution in [2.45, 2.75) is 26.2 Å². The molecular weight excluding hydrogens is 314 g/mol. The van der Waals surface area contributed by atoms with E-state index in [9.17, 15) is 0 Å². The van der Waals surface area contributed by atoms with E-state index in [4.69, 9.17) is 4.98 Å². The van der Waals surface area contributed by atoms with E-state index < -0.39 is 0 Å². The third kappa shape index (κ3) is 3.37. The standard InChI is InChI=1S/C16H20BrN3/c1-16(2,3)15-18-13(10-14(17)19-15)11-6-8-12(9-7-11)20(4)5/h6-10H,1-5H3. The zero-order valence-electron chi connectivity index (χ0n) is 12.6. The van der Waals surface area contributed by atoms with Crippen molar-refractivity contribution in [3.05, 3.63) is 40.8 Å². The molecule has 0 radical (unpaired) electrons. The van der Waals surface area contributed by atoms with Gasteiger partial charge in [0.1, 0.15) is 10.4 Å². The topological polar surface area (TPSA) is 29.0 Å². The van der Waals surface area contributed by atoms with Crippen LogP contribution in [0, 0.1) is 0 Å². The molecular formula is C16H20BrN3. The Hall–Kier alpha value is -1.42. The van der Waals surface area contributed by atoms with Crippen LogP contribution in [0.2, 0.25) is 0 Å². The summed E-state index contributed by atoms with van der Waals surface area (Å²) in [6.07, 6.45) is 0. The molecule has 3 nitrogen and oxygen atoms in total. The maximum Gasteiger partial charge on any atom is 0.135 e. The van der Waals surface area contributed by atoms with Gasteiger partial charge >= 0.3 is 0 Å². The van der Waals surface area contributed by atoms with Crippen LogP contribution in [-0.4, -0.2) is 24.1 Å². The Bertz CT molecular complexity index is 598. The molecule has 1 aromatic heterocycles. The van der Waals surface area contributed by atoms with Gasteiger partial charge in [0.25, 0.3) is 0 Å². The van der Waals surface area contributed by atoms with Crippen molar-refractivity contribution in [1.29, 1.82) is 0 Å². The Kier molecular flexibility index (Phi) is 4.14. The highest BCUT2D eigenvalue weighted by molar-refractivity contribution is 9.10. The maximum absolute atomic E-state index is 4.69. The molecule has 2 rings (SSSR count). The van der Waals surface area contributed by atoms with Crippen LogP contribution in [0.5, 0.6) is 0 Å². The Balaban J connectivity index is 2.44. The first-order chi connectivity index (χ1) is 9.27. The van der Waals surface area contributed by atoms with E-state index in [0.717, 1.165) is 21.7 Å². The van der Waals surface area contributed by atoms with Crippen molar-refractivity contribution in [2.24, 2.45) is 0 Å². The van der Waals surface area contributed by atoms with Crippen molar-refractivity contribution in [1.82, 2.24) is 9.97 Å². The number of nitrogens with zero attached hydrogens (tertiary/aromatic N) is 3. The summed E-state index contributed by atoms with van der Waals surface area (Å²) in [7, 11) is 4.07. The van der Waals surface area contributed by atoms with Crippen molar-refractivity contribution in [3.8, 4) is 11.3 Å². The van der Waals surface area contributed by atoms with Crippen LogP contribution in [0.3, 0.4) is 0 Å². The lowest BCUT2D eigenvalue weighted by atomic mass is 9.95. The number of rotatable bonds is 2. The maximum atomic E-state index is 4.69. The van der Waals surface area contributed by atoms with Crippen LogP contribution >= 0.6 is 15.9 Å². The average molecular weight is 334 g/mol. The van der Waals surface area contributed by atoms with Crippen LogP contribution in [0.4, 0.5) is 5.69 Å². The largest absolute Gasteiger partial charge is 0.378 e. The van der Waals surface area contributed by atoms with Gasteiger partial charge in [0, 0.05) is 30.8 Å². The summed E-state index contributed by atoms with van der Waals surface area (Å²) >= 11 is 3.48. The first-order valence-electron chi connectivity index (χ1n) is 6.60. The van der Waals surface area contributed by atoms with Gasteiger partial charge in [-0.25, -0.2) is 9.97 Å². The molecule has 0 bridgehead atoms. The predicted octanol–water partition coefficient (Wildman–Crippen LogP) is 4.27. The molecule has 4 heteroatoms. The van der Waals surface area contributed by atoms with E-state index in [0.29, 0.717) is 0 Å². The molecule has 0 atom stereocenters. The number of halogens is 1. The Labute approximate surface area is 129 Å². The van der Waals surface area contributed by atoms with E-state index in [1.165, 1.54) is 5.69 Å². The van der Waals surface area contributed by atoms with Crippen LogP contribution in [0.15, 0.2) is 34.9 Å². The second-order valence-electron chi connectivity index (χ2n) is 6.09. The van der Waals surface area contributed by atoms with E-state index in [-0.39, 0.29) is 5.41 Å². The highest BCUT2D eigenvalue weighted by Crippen LogP contribution is 2.26. The minimum atomic E-state index is -0.0674. The van der Waals surface area contributed by atoms with Gasteiger partial charge in [-0.15, -0.1) is 0 Å². The Morgan fingerprint density at radius 2 is 1.60 bits per heavy atom. The second-order valence-corrected chi connectivity index (χ2v) is 6.90. The third-order valence-corrected chi connectivity index (χ3v) is 3.45. The van der Waals surface area contributed by atoms with E-state index in [2.05, 4.69) is 70.9 Å². The zero-order chi connectivity index (χ0) is 14.9. The van der Waals surface area contributed by atoms with Gasteiger partial charge in [-0.1, -0.05) is 32.9 Å². The number of hydrogen-bond donors (Lipinski definition) is 0. The van der Waals surface area contributed by atoms with Crippen molar-refractivity contribution in [2.75, 3.05) is 19.0 Å². The molecule has 20 heavy (non-hydrogen) atoms. The minimum Gasteiger partial charge on any atom is -0.378 e. The van der Waals surface area contributed by atoms with Gasteiger partial charge in [-0.2, -0.15) is 0 Å². The normalized spacial score (nSPS) is 11.5. The summed E-state index contributed by atoms with van der Waals surface area (Å²) < 4.78 is 0.823. The highest BCUT2D eigenvalue weighted by Gasteiger charge is 2.19. The lowest BCUT2D eigenvalue weighted by Gasteiger charge is -2.18. The van der Waals surface area contributed by atoms with E-state index >= 15 is 0 Å². The van der Waals surface area contributed by atoms with Crippen LogP contribution < -0.4 is 4.90 Å². The summed E-state index contributed by atoms with van der Waals surface area (Å²) in [6, 6.07) is 10.3. The van der Waals surface area contributed by atoms with Gasteiger partial charge in [0.05, 0.1) is 5.69 Å². The molecule has 0 saturated heterocycles. The summed E-state index contributed by atoms with van der Waals surface area (Å²) in [4.78, 5) is 11.3. The minimum absolute atomic E-state index is 0.0674. The van der Waals surface area contributed by atoms with Crippen LogP contribution in [0.1, 0.15) is 26.6 Å². The molecule has 2 aromatic rings. The Morgan fingerprint density at radius 3 is 2.10 bits per heavy atom. The van der Waals surface area contributed by atoms with Crippen molar-refractivity contribution >= 4 is 21.6 Å². The lowest BCUT2D eigenvalue weighted by molar-refractivity contribution is 0.544. The van der Waals surface area contributed by atoms with Gasteiger partial charge in [-0.05, 0) is 34.1 Å². The van der Waals surface area contributed by atoms with Gasteiger partial charge in [-0.3, -0.25) is 0 Å². The monoisotopic (exact) mass is 333 g/mol. The quantitative estimate of drug-likeness (QED) is 0.768. The lowest BCUT2D eigenvalue weighted by Crippen LogP contribution is -2.16. The van der Waals surface area contributed by atoms with Gasteiger partial charge in [0.2, 0.25) is 0 Å². The SMILES string of the molecule is CN(C)c1ccc(-c2cc(Br)nc(C(C)(C)C)n2)cc1. The predicted molar refractivity (Wildman–Crippen MR) is 88.2 cm³/mol. The number of hydrogen-bond acceptors (Lipinski definition) is 3. The van der Waals surface area contributed by atoms with Crippen LogP contribution in [0.25, 0.3) is 11.3 Å². The summed E-state index contributed by atoms with van der Waals surface area (Å²) in [5.74, 6) is 0.846. The summed E-state index contributed by atoms with van der Waals surface area (Å²) in [6.45, 7) is 6.36. The molecule has 1 heterocycles. The fourth-order valence-corrected chi connectivity index (χ4v) is 2.22. The molecule has 0 N–H and O–H groups in total. The molecule has 0 amide bonds. The van der Waals surface area contributed by atoms with Gasteiger partial charge < -0.3 is 4.90 Å². The number of benzene rings is 1. The summed E-state index contributed by atoms with van der Waals surface area (Å²) in [5, 5.41) is 0. The average Bonchev–Trinajstić information content (AvgIpc) is 2.37. The smallest absolute Gasteiger partial charge is 0.135 e. The molecule has 0 spiro atoms. The van der Waals surface area contributed by atoms with E-state index in [1.54, 1.807) is 0 Å². The molecule has 0 saturated carbocycles. The molecule has 1 aromatic carbocycles. The van der Waals surface area contributed by atoms with Crippen molar-refractivity contribution < 1.29 is 0 Å². The fourth-order valence-electron chi connectivity index (χ4n) is 1.83. The Morgan fingerprint density at radius 1 is 1.00 bits per heavy atom. The molecule has 0 fully saturated rings. The molecule has 0 aliphatic carbocycles. The first kappa shape index (κ1) is 15.0. The molecule has 0 aliphatic rings.